The number of carbonyl (C=O) groups is 1. The molecule has 1 N–H and O–H groups in total. The van der Waals surface area contributed by atoms with Crippen LogP contribution in [0.4, 0.5) is 0 Å². The van der Waals surface area contributed by atoms with E-state index in [0.29, 0.717) is 6.04 Å². The molecule has 1 atom stereocenters. The van der Waals surface area contributed by atoms with Crippen molar-refractivity contribution in [3.8, 4) is 0 Å². The van der Waals surface area contributed by atoms with E-state index in [1.54, 1.807) is 0 Å². The fourth-order valence-electron chi connectivity index (χ4n) is 3.72. The molecule has 0 aromatic heterocycles. The number of benzene rings is 2. The maximum Gasteiger partial charge on any atom is 0.303 e. The second-order valence-electron chi connectivity index (χ2n) is 7.04. The Morgan fingerprint density at radius 2 is 1.54 bits per heavy atom. The molecule has 0 spiro atoms. The Labute approximate surface area is 156 Å². The van der Waals surface area contributed by atoms with Crippen molar-refractivity contribution in [2.75, 3.05) is 6.54 Å². The van der Waals surface area contributed by atoms with Gasteiger partial charge in [0.15, 0.2) is 0 Å². The summed E-state index contributed by atoms with van der Waals surface area (Å²) in [6.07, 6.45) is 4.22. The van der Waals surface area contributed by atoms with Crippen molar-refractivity contribution in [2.24, 2.45) is 0 Å². The lowest BCUT2D eigenvalue weighted by atomic mass is 10.1. The predicted molar refractivity (Wildman–Crippen MR) is 103 cm³/mol. The first kappa shape index (κ1) is 18.6. The summed E-state index contributed by atoms with van der Waals surface area (Å²) in [6, 6.07) is 21.7. The van der Waals surface area contributed by atoms with Crippen LogP contribution in [-0.4, -0.2) is 33.7 Å². The molecule has 26 heavy (non-hydrogen) atoms. The molecular weight excluding hydrogens is 324 g/mol. The number of rotatable bonds is 9. The van der Waals surface area contributed by atoms with E-state index in [-0.39, 0.29) is 6.42 Å². The van der Waals surface area contributed by atoms with Crippen molar-refractivity contribution in [3.05, 3.63) is 71.8 Å². The molecule has 4 heteroatoms. The van der Waals surface area contributed by atoms with Gasteiger partial charge in [-0.2, -0.15) is 0 Å². The van der Waals surface area contributed by atoms with E-state index >= 15 is 0 Å². The monoisotopic (exact) mass is 352 g/mol. The summed E-state index contributed by atoms with van der Waals surface area (Å²) < 4.78 is 0. The summed E-state index contributed by atoms with van der Waals surface area (Å²) in [5.41, 5.74) is 2.65. The Kier molecular flexibility index (Phi) is 6.81. The zero-order valence-corrected chi connectivity index (χ0v) is 15.3. The number of carboxylic acid groups (broad SMARTS) is 1. The number of hydrogen-bond acceptors (Lipinski definition) is 3. The molecule has 0 amide bonds. The molecule has 4 nitrogen and oxygen atoms in total. The van der Waals surface area contributed by atoms with Crippen LogP contribution in [0.25, 0.3) is 0 Å². The van der Waals surface area contributed by atoms with E-state index in [4.69, 9.17) is 5.11 Å². The van der Waals surface area contributed by atoms with Gasteiger partial charge in [-0.25, -0.2) is 10.0 Å². The minimum absolute atomic E-state index is 0.277. The van der Waals surface area contributed by atoms with Gasteiger partial charge in [0.05, 0.1) is 0 Å². The molecule has 1 saturated heterocycles. The fraction of sp³-hybridized carbons (Fsp3) is 0.409. The molecule has 1 fully saturated rings. The summed E-state index contributed by atoms with van der Waals surface area (Å²) in [7, 11) is 0. The largest absolute Gasteiger partial charge is 0.481 e. The van der Waals surface area contributed by atoms with Crippen molar-refractivity contribution < 1.29 is 9.90 Å². The second kappa shape index (κ2) is 9.51. The molecule has 0 aliphatic carbocycles. The van der Waals surface area contributed by atoms with Crippen LogP contribution in [-0.2, 0) is 17.9 Å². The molecule has 0 saturated carbocycles. The van der Waals surface area contributed by atoms with Gasteiger partial charge in [0.2, 0.25) is 0 Å². The molecule has 1 heterocycles. The zero-order chi connectivity index (χ0) is 18.2. The number of nitrogens with zero attached hydrogens (tertiary/aromatic N) is 2. The highest BCUT2D eigenvalue weighted by atomic mass is 16.4. The summed E-state index contributed by atoms with van der Waals surface area (Å²) in [5, 5.41) is 13.8. The van der Waals surface area contributed by atoms with E-state index < -0.39 is 5.97 Å². The standard InChI is InChI=1S/C22H28N2O2/c25-22(26)14-8-7-13-21-15-16-23(17-19-9-3-1-4-10-19)24(21)18-20-11-5-2-6-12-20/h1-6,9-12,21H,7-8,13-18H2,(H,25,26). The predicted octanol–water partition coefficient (Wildman–Crippen LogP) is 4.32. The normalized spacial score (nSPS) is 18.2. The number of aliphatic carboxylic acids is 1. The van der Waals surface area contributed by atoms with Crippen LogP contribution in [0, 0.1) is 0 Å². The van der Waals surface area contributed by atoms with Gasteiger partial charge in [-0.3, -0.25) is 4.79 Å². The average Bonchev–Trinajstić information content (AvgIpc) is 3.02. The topological polar surface area (TPSA) is 43.8 Å². The maximum absolute atomic E-state index is 10.7. The quantitative estimate of drug-likeness (QED) is 0.683. The van der Waals surface area contributed by atoms with E-state index in [0.717, 1.165) is 45.3 Å². The third-order valence-electron chi connectivity index (χ3n) is 5.08. The Bertz CT molecular complexity index is 675. The fourth-order valence-corrected chi connectivity index (χ4v) is 3.72. The number of hydrazine groups is 1. The Morgan fingerprint density at radius 3 is 2.15 bits per heavy atom. The van der Waals surface area contributed by atoms with Crippen LogP contribution in [0.1, 0.15) is 43.2 Å². The first-order chi connectivity index (χ1) is 12.7. The maximum atomic E-state index is 10.7. The molecule has 0 radical (unpaired) electrons. The van der Waals surface area contributed by atoms with Crippen LogP contribution in [0.3, 0.4) is 0 Å². The van der Waals surface area contributed by atoms with Crippen LogP contribution < -0.4 is 0 Å². The number of carboxylic acids is 1. The van der Waals surface area contributed by atoms with Crippen molar-refractivity contribution in [3.63, 3.8) is 0 Å². The van der Waals surface area contributed by atoms with Crippen LogP contribution in [0.15, 0.2) is 60.7 Å². The smallest absolute Gasteiger partial charge is 0.303 e. The van der Waals surface area contributed by atoms with Gasteiger partial charge in [-0.15, -0.1) is 0 Å². The minimum atomic E-state index is -0.691. The summed E-state index contributed by atoms with van der Waals surface area (Å²) >= 11 is 0. The van der Waals surface area contributed by atoms with Gasteiger partial charge in [-0.1, -0.05) is 67.1 Å². The third-order valence-corrected chi connectivity index (χ3v) is 5.08. The van der Waals surface area contributed by atoms with E-state index in [2.05, 4.69) is 70.7 Å². The van der Waals surface area contributed by atoms with Gasteiger partial charge in [0.25, 0.3) is 0 Å². The Morgan fingerprint density at radius 1 is 0.923 bits per heavy atom. The highest BCUT2D eigenvalue weighted by Gasteiger charge is 2.31. The van der Waals surface area contributed by atoms with Crippen molar-refractivity contribution in [2.45, 2.75) is 51.2 Å². The van der Waals surface area contributed by atoms with E-state index in [9.17, 15) is 4.79 Å². The van der Waals surface area contributed by atoms with E-state index in [1.165, 1.54) is 11.1 Å². The lowest BCUT2D eigenvalue weighted by Crippen LogP contribution is -2.40. The molecule has 3 rings (SSSR count). The molecule has 2 aromatic rings. The summed E-state index contributed by atoms with van der Waals surface area (Å²) in [6.45, 7) is 2.90. The zero-order valence-electron chi connectivity index (χ0n) is 15.3. The molecule has 1 unspecified atom stereocenters. The van der Waals surface area contributed by atoms with Gasteiger partial charge in [0, 0.05) is 32.1 Å². The minimum Gasteiger partial charge on any atom is -0.481 e. The van der Waals surface area contributed by atoms with Gasteiger partial charge in [-0.05, 0) is 30.4 Å². The van der Waals surface area contributed by atoms with Gasteiger partial charge in [0.1, 0.15) is 0 Å². The average molecular weight is 352 g/mol. The lowest BCUT2D eigenvalue weighted by molar-refractivity contribution is -0.137. The van der Waals surface area contributed by atoms with Gasteiger partial charge < -0.3 is 5.11 Å². The van der Waals surface area contributed by atoms with Crippen molar-refractivity contribution in [1.29, 1.82) is 0 Å². The van der Waals surface area contributed by atoms with Crippen molar-refractivity contribution in [1.82, 2.24) is 10.0 Å². The highest BCUT2D eigenvalue weighted by Crippen LogP contribution is 2.27. The molecule has 1 aliphatic heterocycles. The lowest BCUT2D eigenvalue weighted by Gasteiger charge is -2.32. The first-order valence-electron chi connectivity index (χ1n) is 9.53. The summed E-state index contributed by atoms with van der Waals surface area (Å²) in [5.74, 6) is -0.691. The highest BCUT2D eigenvalue weighted by molar-refractivity contribution is 5.66. The van der Waals surface area contributed by atoms with Crippen LogP contribution in [0.5, 0.6) is 0 Å². The van der Waals surface area contributed by atoms with Crippen LogP contribution >= 0.6 is 0 Å². The second-order valence-corrected chi connectivity index (χ2v) is 7.04. The molecule has 1 aliphatic rings. The molecule has 0 bridgehead atoms. The molecular formula is C22H28N2O2. The number of hydrogen-bond donors (Lipinski definition) is 1. The van der Waals surface area contributed by atoms with Crippen LogP contribution in [0.2, 0.25) is 0 Å². The Hall–Kier alpha value is -2.17. The summed E-state index contributed by atoms with van der Waals surface area (Å²) in [4.78, 5) is 10.7. The Balaban J connectivity index is 1.64. The first-order valence-corrected chi connectivity index (χ1v) is 9.53. The third kappa shape index (κ3) is 5.41. The van der Waals surface area contributed by atoms with Crippen molar-refractivity contribution >= 4 is 5.97 Å². The molecule has 138 valence electrons. The van der Waals surface area contributed by atoms with Gasteiger partial charge >= 0.3 is 5.97 Å². The number of unbranched alkanes of at least 4 members (excludes halogenated alkanes) is 1. The van der Waals surface area contributed by atoms with E-state index in [1.807, 2.05) is 0 Å². The molecule has 2 aromatic carbocycles. The SMILES string of the molecule is O=C(O)CCCCC1CCN(Cc2ccccc2)N1Cc1ccccc1.